The first-order valence-corrected chi connectivity index (χ1v) is 27.3. The van der Waals surface area contributed by atoms with Crippen molar-refractivity contribution in [2.45, 2.75) is 215 Å². The second-order valence-electron chi connectivity index (χ2n) is 20.5. The van der Waals surface area contributed by atoms with Crippen LogP contribution in [-0.2, 0) is 85.4 Å². The van der Waals surface area contributed by atoms with Crippen LogP contribution in [0.5, 0.6) is 0 Å². The fourth-order valence-electron chi connectivity index (χ4n) is 10.8. The fourth-order valence-corrected chi connectivity index (χ4v) is 11.2. The standard InChI is InChI=1S/C43H70O36S/c1-80(62,63)64-8-15-33-21(55)27(61)42(71-15)76-31-11(4-46)66-38(23(57)17(31)51)73-28-9(2-44)65-37(22(56)16(28)50)75-30-12(5-47)69-41(26(60)19(30)53)79-34-14(7-49)70-43(36-35(34)72-36)78-32-13(6-48)68-39(25(59)20(32)54)74-29-10(3-45)67-40(77-33)24(58)18(29)52/h9-61H,2-8H2,1H3/t9-,10-,11-,12-,13-,14-,15-,16-,17-,18-,19-,20-,21-,22-,23-,24-,25-,26-,27-,28-,29-,30-,31-,32-,33-,34-,35+,36+,37-,38-,39-,40-,41-,42-,43-/m1/s1. The van der Waals surface area contributed by atoms with Gasteiger partial charge in [0.15, 0.2) is 44.0 Å². The molecule has 21 fully saturated rings. The SMILES string of the molecule is CS(=O)(=O)OC[C@H]1O[C@@H]2O[C@H]3[C@H](O)[C@@H](O)[C@@H](O[C@H]4[C@H](O)[C@@H](O)[C@@H](O[C@H]5[C@H](O)[C@@H](O)[C@@H](O[C@H]6[C@@H]7O[C@@H]7[C@@H](O[C@H]7[C@H](O)[C@@H](O)[C@@H](O[C@H]8[C@H](O)[C@@H](O)[C@@H](O[C@H]1[C@H](O)[C@H]2O)O[C@@H]8CO)O[C@@H]7CO)O[C@@H]6CO)O[C@@H]5CO)O[C@@H]4CO)O[C@@H]3CO. The van der Waals surface area contributed by atoms with Crippen LogP contribution >= 0.6 is 0 Å². The maximum atomic E-state index is 12.2. The van der Waals surface area contributed by atoms with E-state index in [2.05, 4.69) is 0 Å². The van der Waals surface area contributed by atoms with Crippen molar-refractivity contribution in [1.29, 1.82) is 0 Å². The molecule has 21 rings (SSSR count). The normalized spacial score (nSPS) is 54.3. The van der Waals surface area contributed by atoms with Gasteiger partial charge in [-0.25, -0.2) is 0 Å². The van der Waals surface area contributed by atoms with Crippen LogP contribution in [0.3, 0.4) is 0 Å². The lowest BCUT2D eigenvalue weighted by Gasteiger charge is -2.50. The zero-order valence-corrected chi connectivity index (χ0v) is 42.8. The van der Waals surface area contributed by atoms with Crippen molar-refractivity contribution in [3.63, 3.8) is 0 Å². The summed E-state index contributed by atoms with van der Waals surface area (Å²) in [6.07, 6.45) is -65.7. The Morgan fingerprint density at radius 3 is 0.738 bits per heavy atom. The molecule has 80 heavy (non-hydrogen) atoms. The van der Waals surface area contributed by atoms with Crippen LogP contribution in [-0.4, -0.2) is 368 Å². The maximum absolute atomic E-state index is 12.2. The van der Waals surface area contributed by atoms with Crippen molar-refractivity contribution in [2.24, 2.45) is 0 Å². The number of hydrogen-bond donors (Lipinski definition) is 18. The highest BCUT2D eigenvalue weighted by molar-refractivity contribution is 7.85. The van der Waals surface area contributed by atoms with Crippen molar-refractivity contribution >= 4 is 10.1 Å². The van der Waals surface area contributed by atoms with Gasteiger partial charge in [-0.3, -0.25) is 4.18 Å². The smallest absolute Gasteiger partial charge is 0.264 e. The van der Waals surface area contributed by atoms with Crippen molar-refractivity contribution in [1.82, 2.24) is 0 Å². The Bertz CT molecular complexity index is 2100. The Labute approximate surface area is 452 Å². The highest BCUT2D eigenvalue weighted by Gasteiger charge is 2.63. The van der Waals surface area contributed by atoms with Crippen LogP contribution in [0, 0.1) is 0 Å². The molecule has 21 aliphatic rings. The molecule has 0 unspecified atom stereocenters. The Hall–Kier alpha value is -1.41. The Morgan fingerprint density at radius 2 is 0.475 bits per heavy atom. The minimum atomic E-state index is -4.35. The molecule has 14 bridgehead atoms. The second kappa shape index (κ2) is 25.9. The van der Waals surface area contributed by atoms with Gasteiger partial charge in [-0.2, -0.15) is 8.42 Å². The van der Waals surface area contributed by atoms with Crippen LogP contribution in [0.1, 0.15) is 0 Å². The third kappa shape index (κ3) is 12.6. The van der Waals surface area contributed by atoms with E-state index in [4.69, 9.17) is 75.2 Å². The van der Waals surface area contributed by atoms with Crippen LogP contribution in [0.2, 0.25) is 0 Å². The zero-order valence-electron chi connectivity index (χ0n) is 42.0. The Morgan fingerprint density at radius 1 is 0.263 bits per heavy atom. The number of fused-ring (bicyclic) bond motifs is 1. The molecule has 21 aliphatic heterocycles. The van der Waals surface area contributed by atoms with Gasteiger partial charge < -0.3 is 163 Å². The summed E-state index contributed by atoms with van der Waals surface area (Å²) >= 11 is 0. The predicted octanol–water partition coefficient (Wildman–Crippen LogP) is -14.2. The molecule has 0 aromatic carbocycles. The molecule has 0 radical (unpaired) electrons. The van der Waals surface area contributed by atoms with E-state index in [1.807, 2.05) is 0 Å². The summed E-state index contributed by atoms with van der Waals surface area (Å²) in [4.78, 5) is 0. The van der Waals surface area contributed by atoms with Gasteiger partial charge in [-0.1, -0.05) is 0 Å². The van der Waals surface area contributed by atoms with E-state index in [0.717, 1.165) is 0 Å². The molecule has 36 nitrogen and oxygen atoms in total. The van der Waals surface area contributed by atoms with Gasteiger partial charge in [0.05, 0.1) is 52.5 Å². The molecule has 37 heteroatoms. The van der Waals surface area contributed by atoms with Crippen molar-refractivity contribution < 1.29 is 176 Å². The third-order valence-corrected chi connectivity index (χ3v) is 15.8. The van der Waals surface area contributed by atoms with Gasteiger partial charge in [-0.15, -0.1) is 0 Å². The van der Waals surface area contributed by atoms with Crippen molar-refractivity contribution in [3.05, 3.63) is 0 Å². The average molecular weight is 1200 g/mol. The molecule has 0 aromatic rings. The highest BCUT2D eigenvalue weighted by Crippen LogP contribution is 2.44. The Kier molecular flexibility index (Phi) is 20.4. The minimum absolute atomic E-state index is 0.628. The van der Waals surface area contributed by atoms with E-state index in [1.54, 1.807) is 0 Å². The molecule has 0 aromatic heterocycles. The minimum Gasteiger partial charge on any atom is -0.394 e. The first kappa shape index (κ1) is 63.1. The van der Waals surface area contributed by atoms with E-state index < -0.39 is 271 Å². The monoisotopic (exact) mass is 1190 g/mol. The molecule has 0 saturated carbocycles. The molecular weight excluding hydrogens is 1120 g/mol. The van der Waals surface area contributed by atoms with E-state index in [9.17, 15) is 100 Å². The molecule has 464 valence electrons. The lowest BCUT2D eigenvalue weighted by molar-refractivity contribution is -0.396. The zero-order chi connectivity index (χ0) is 58.0. The van der Waals surface area contributed by atoms with Gasteiger partial charge in [-0.05, 0) is 0 Å². The molecular formula is C43H70O36S. The summed E-state index contributed by atoms with van der Waals surface area (Å²) in [6.45, 7) is -7.00. The molecule has 0 aliphatic carbocycles. The van der Waals surface area contributed by atoms with Gasteiger partial charge in [0.2, 0.25) is 0 Å². The number of aliphatic hydroxyl groups excluding tert-OH is 18. The number of epoxide rings is 1. The summed E-state index contributed by atoms with van der Waals surface area (Å²) in [6, 6.07) is 0. The van der Waals surface area contributed by atoms with Crippen molar-refractivity contribution in [2.75, 3.05) is 52.5 Å². The highest BCUT2D eigenvalue weighted by atomic mass is 32.2. The topological polar surface area (TPSA) is 549 Å². The predicted molar refractivity (Wildman–Crippen MR) is 239 cm³/mol. The van der Waals surface area contributed by atoms with Crippen LogP contribution in [0.25, 0.3) is 0 Å². The van der Waals surface area contributed by atoms with Crippen LogP contribution in [0.4, 0.5) is 0 Å². The molecule has 21 heterocycles. The number of ether oxygens (including phenoxy) is 15. The fraction of sp³-hybridized carbons (Fsp3) is 1.00. The van der Waals surface area contributed by atoms with E-state index in [1.165, 1.54) is 0 Å². The van der Waals surface area contributed by atoms with E-state index >= 15 is 0 Å². The van der Waals surface area contributed by atoms with E-state index in [0.29, 0.717) is 6.26 Å². The lowest BCUT2D eigenvalue weighted by Crippen LogP contribution is -2.68. The Balaban J connectivity index is 1.00. The molecule has 35 atom stereocenters. The maximum Gasteiger partial charge on any atom is 0.264 e. The van der Waals surface area contributed by atoms with Crippen molar-refractivity contribution in [3.8, 4) is 0 Å². The number of aliphatic hydroxyl groups is 18. The van der Waals surface area contributed by atoms with Gasteiger partial charge in [0, 0.05) is 0 Å². The molecule has 18 N–H and O–H groups in total. The lowest BCUT2D eigenvalue weighted by atomic mass is 9.95. The molecule has 0 amide bonds. The van der Waals surface area contributed by atoms with Gasteiger partial charge in [0.1, 0.15) is 171 Å². The summed E-state index contributed by atoms with van der Waals surface area (Å²) in [5, 5.41) is 199. The first-order valence-electron chi connectivity index (χ1n) is 25.5. The number of hydrogen-bond acceptors (Lipinski definition) is 36. The third-order valence-electron chi connectivity index (χ3n) is 15.2. The van der Waals surface area contributed by atoms with Gasteiger partial charge in [0.25, 0.3) is 10.1 Å². The molecule has 21 saturated heterocycles. The first-order chi connectivity index (χ1) is 38.0. The summed E-state index contributed by atoms with van der Waals surface area (Å²) in [5.41, 5.74) is 0. The second-order valence-corrected chi connectivity index (χ2v) is 22.2. The molecule has 0 spiro atoms. The largest absolute Gasteiger partial charge is 0.394 e. The van der Waals surface area contributed by atoms with Crippen LogP contribution < -0.4 is 0 Å². The quantitative estimate of drug-likeness (QED) is 0.0753. The number of rotatable bonds is 9. The summed E-state index contributed by atoms with van der Waals surface area (Å²) in [5.74, 6) is 0. The summed E-state index contributed by atoms with van der Waals surface area (Å²) in [7, 11) is -4.35. The van der Waals surface area contributed by atoms with Crippen LogP contribution in [0.15, 0.2) is 0 Å². The summed E-state index contributed by atoms with van der Waals surface area (Å²) < 4.78 is 116. The van der Waals surface area contributed by atoms with Gasteiger partial charge >= 0.3 is 0 Å². The average Bonchev–Trinajstić information content (AvgIpc) is 4.40. The van der Waals surface area contributed by atoms with E-state index in [-0.39, 0.29) is 0 Å².